The quantitative estimate of drug-likeness (QED) is 0.818. The fourth-order valence-corrected chi connectivity index (χ4v) is 5.21. The number of hydrogen-bond donors (Lipinski definition) is 1. The Labute approximate surface area is 151 Å². The highest BCUT2D eigenvalue weighted by Crippen LogP contribution is 2.41. The molecule has 4 aliphatic rings. The minimum atomic E-state index is -0.442. The van der Waals surface area contributed by atoms with Crippen LogP contribution >= 0.6 is 0 Å². The highest BCUT2D eigenvalue weighted by molar-refractivity contribution is 5.68. The average molecular weight is 351 g/mol. The number of nitrogens with one attached hydrogen (secondary N) is 1. The average Bonchev–Trinajstić information content (AvgIpc) is 2.73. The molecular weight excluding hydrogens is 318 g/mol. The van der Waals surface area contributed by atoms with Gasteiger partial charge in [-0.1, -0.05) is 0 Å². The van der Waals surface area contributed by atoms with Crippen LogP contribution in [0.15, 0.2) is 0 Å². The third-order valence-electron chi connectivity index (χ3n) is 6.33. The van der Waals surface area contributed by atoms with E-state index in [1.54, 1.807) is 0 Å². The summed E-state index contributed by atoms with van der Waals surface area (Å²) in [4.78, 5) is 16.7. The third kappa shape index (κ3) is 3.67. The third-order valence-corrected chi connectivity index (χ3v) is 6.33. The first-order chi connectivity index (χ1) is 11.8. The van der Waals surface area contributed by atoms with Crippen LogP contribution in [0.25, 0.3) is 0 Å². The number of ether oxygens (including phenoxy) is 2. The number of morpholine rings is 1. The topological polar surface area (TPSA) is 54.0 Å². The number of carbonyl (C=O) groups excluding carboxylic acids is 1. The Hall–Kier alpha value is -0.850. The summed E-state index contributed by atoms with van der Waals surface area (Å²) in [5.74, 6) is 2.57. The van der Waals surface area contributed by atoms with Crippen LogP contribution in [0.5, 0.6) is 0 Å². The molecule has 6 heteroatoms. The van der Waals surface area contributed by atoms with E-state index in [9.17, 15) is 4.79 Å². The number of hydrogen-bond acceptors (Lipinski definition) is 5. The van der Waals surface area contributed by atoms with Gasteiger partial charge >= 0.3 is 6.09 Å². The Kier molecular flexibility index (Phi) is 4.49. The standard InChI is InChI=1S/C19H33N3O3/c1-18(2,3)25-17(23)22-6-7-24-19(13-22)11-21(12-19)10-16-14-4-5-15(16)9-20-8-14/h14-16,20H,4-13H2,1-3H3. The van der Waals surface area contributed by atoms with Crippen molar-refractivity contribution in [3.05, 3.63) is 0 Å². The molecule has 0 aromatic rings. The fourth-order valence-electron chi connectivity index (χ4n) is 5.21. The van der Waals surface area contributed by atoms with E-state index in [0.717, 1.165) is 30.8 Å². The molecule has 1 aliphatic carbocycles. The van der Waals surface area contributed by atoms with Crippen molar-refractivity contribution >= 4 is 6.09 Å². The number of likely N-dealkylation sites (tertiary alicyclic amines) is 1. The molecule has 142 valence electrons. The monoisotopic (exact) mass is 351 g/mol. The zero-order valence-corrected chi connectivity index (χ0v) is 15.9. The van der Waals surface area contributed by atoms with E-state index in [-0.39, 0.29) is 11.7 Å². The smallest absolute Gasteiger partial charge is 0.410 e. The highest BCUT2D eigenvalue weighted by Gasteiger charge is 2.50. The fraction of sp³-hybridized carbons (Fsp3) is 0.947. The van der Waals surface area contributed by atoms with Gasteiger partial charge in [0.25, 0.3) is 0 Å². The normalized spacial score (nSPS) is 34.8. The summed E-state index contributed by atoms with van der Waals surface area (Å²) in [6.45, 7) is 13.2. The summed E-state index contributed by atoms with van der Waals surface area (Å²) < 4.78 is 11.6. The van der Waals surface area contributed by atoms with E-state index in [0.29, 0.717) is 19.7 Å². The molecule has 1 spiro atoms. The van der Waals surface area contributed by atoms with Crippen molar-refractivity contribution in [2.75, 3.05) is 52.4 Å². The molecule has 1 N–H and O–H groups in total. The van der Waals surface area contributed by atoms with Gasteiger partial charge in [0.15, 0.2) is 0 Å². The van der Waals surface area contributed by atoms with Crippen LogP contribution < -0.4 is 5.32 Å². The van der Waals surface area contributed by atoms with Crippen LogP contribution in [0.4, 0.5) is 4.79 Å². The highest BCUT2D eigenvalue weighted by atomic mass is 16.6. The molecule has 2 bridgehead atoms. The molecule has 0 radical (unpaired) electrons. The Balaban J connectivity index is 1.29. The van der Waals surface area contributed by atoms with Gasteiger partial charge in [0, 0.05) is 26.2 Å². The van der Waals surface area contributed by atoms with Crippen LogP contribution in [0.3, 0.4) is 0 Å². The van der Waals surface area contributed by atoms with Gasteiger partial charge in [0.1, 0.15) is 11.2 Å². The van der Waals surface area contributed by atoms with Gasteiger partial charge in [-0.3, -0.25) is 4.90 Å². The second-order valence-corrected chi connectivity index (χ2v) is 9.52. The molecule has 6 nitrogen and oxygen atoms in total. The molecule has 1 saturated carbocycles. The molecular formula is C19H33N3O3. The van der Waals surface area contributed by atoms with Gasteiger partial charge in [0.05, 0.1) is 13.2 Å². The minimum Gasteiger partial charge on any atom is -0.444 e. The molecule has 2 atom stereocenters. The summed E-state index contributed by atoms with van der Waals surface area (Å²) in [6, 6.07) is 0. The van der Waals surface area contributed by atoms with Gasteiger partial charge < -0.3 is 19.7 Å². The van der Waals surface area contributed by atoms with Crippen LogP contribution in [-0.2, 0) is 9.47 Å². The lowest BCUT2D eigenvalue weighted by Gasteiger charge is -2.55. The lowest BCUT2D eigenvalue weighted by atomic mass is 9.83. The molecule has 2 unspecified atom stereocenters. The molecule has 0 aromatic heterocycles. The molecule has 3 heterocycles. The van der Waals surface area contributed by atoms with Crippen LogP contribution in [0.2, 0.25) is 0 Å². The molecule has 3 aliphatic heterocycles. The zero-order valence-electron chi connectivity index (χ0n) is 15.9. The number of piperidine rings is 1. The Morgan fingerprint density at radius 1 is 1.20 bits per heavy atom. The molecule has 0 aromatic carbocycles. The number of fused-ring (bicyclic) bond motifs is 2. The Morgan fingerprint density at radius 2 is 1.88 bits per heavy atom. The van der Waals surface area contributed by atoms with Gasteiger partial charge in [-0.2, -0.15) is 0 Å². The lowest BCUT2D eigenvalue weighted by Crippen LogP contribution is -2.71. The summed E-state index contributed by atoms with van der Waals surface area (Å²) in [7, 11) is 0. The van der Waals surface area contributed by atoms with E-state index in [2.05, 4.69) is 10.2 Å². The number of nitrogens with zero attached hydrogens (tertiary/aromatic N) is 2. The van der Waals surface area contributed by atoms with Gasteiger partial charge in [-0.05, 0) is 64.5 Å². The van der Waals surface area contributed by atoms with E-state index in [1.807, 2.05) is 25.7 Å². The first kappa shape index (κ1) is 17.6. The maximum atomic E-state index is 12.4. The summed E-state index contributed by atoms with van der Waals surface area (Å²) >= 11 is 0. The van der Waals surface area contributed by atoms with Crippen molar-refractivity contribution in [1.29, 1.82) is 0 Å². The molecule has 3 saturated heterocycles. The van der Waals surface area contributed by atoms with Crippen molar-refractivity contribution in [2.24, 2.45) is 17.8 Å². The van der Waals surface area contributed by atoms with Crippen molar-refractivity contribution in [3.63, 3.8) is 0 Å². The van der Waals surface area contributed by atoms with Crippen molar-refractivity contribution in [3.8, 4) is 0 Å². The van der Waals surface area contributed by atoms with E-state index >= 15 is 0 Å². The molecule has 4 fully saturated rings. The summed E-state index contributed by atoms with van der Waals surface area (Å²) in [6.07, 6.45) is 2.58. The van der Waals surface area contributed by atoms with E-state index < -0.39 is 5.60 Å². The predicted molar refractivity (Wildman–Crippen MR) is 95.5 cm³/mol. The Morgan fingerprint density at radius 3 is 2.52 bits per heavy atom. The maximum Gasteiger partial charge on any atom is 0.410 e. The second kappa shape index (κ2) is 6.39. The van der Waals surface area contributed by atoms with Crippen molar-refractivity contribution < 1.29 is 14.3 Å². The summed E-state index contributed by atoms with van der Waals surface area (Å²) in [5, 5.41) is 3.58. The number of rotatable bonds is 2. The van der Waals surface area contributed by atoms with Gasteiger partial charge in [-0.15, -0.1) is 0 Å². The van der Waals surface area contributed by atoms with Crippen LogP contribution in [0.1, 0.15) is 33.6 Å². The molecule has 25 heavy (non-hydrogen) atoms. The SMILES string of the molecule is CC(C)(C)OC(=O)N1CCOC2(CN(CC3C4CCC3CNC4)C2)C1. The van der Waals surface area contributed by atoms with Crippen LogP contribution in [-0.4, -0.2) is 79.5 Å². The van der Waals surface area contributed by atoms with Gasteiger partial charge in [0.2, 0.25) is 0 Å². The second-order valence-electron chi connectivity index (χ2n) is 9.52. The Bertz CT molecular complexity index is 497. The molecule has 1 amide bonds. The van der Waals surface area contributed by atoms with E-state index in [1.165, 1.54) is 32.5 Å². The van der Waals surface area contributed by atoms with Crippen LogP contribution in [0, 0.1) is 17.8 Å². The van der Waals surface area contributed by atoms with Gasteiger partial charge in [-0.25, -0.2) is 4.79 Å². The first-order valence-electron chi connectivity index (χ1n) is 9.89. The number of carbonyl (C=O) groups is 1. The van der Waals surface area contributed by atoms with Crippen molar-refractivity contribution in [2.45, 2.75) is 44.8 Å². The summed E-state index contributed by atoms with van der Waals surface area (Å²) in [5.41, 5.74) is -0.608. The maximum absolute atomic E-state index is 12.4. The predicted octanol–water partition coefficient (Wildman–Crippen LogP) is 1.55. The number of amides is 1. The largest absolute Gasteiger partial charge is 0.444 e. The molecule has 4 rings (SSSR count). The van der Waals surface area contributed by atoms with E-state index in [4.69, 9.17) is 9.47 Å². The minimum absolute atomic E-state index is 0.166. The first-order valence-corrected chi connectivity index (χ1v) is 9.89. The van der Waals surface area contributed by atoms with Crippen molar-refractivity contribution in [1.82, 2.24) is 15.1 Å². The zero-order chi connectivity index (χ0) is 17.7. The lowest BCUT2D eigenvalue weighted by molar-refractivity contribution is -0.184.